The molecule has 0 aromatic rings. The molecule has 3 atom stereocenters. The first-order valence-corrected chi connectivity index (χ1v) is 4.12. The summed E-state index contributed by atoms with van der Waals surface area (Å²) in [6.07, 6.45) is 0.262. The largest absolute Gasteiger partial charge is 0.481 e. The Bertz CT molecular complexity index is 253. The van der Waals surface area contributed by atoms with Crippen molar-refractivity contribution in [1.29, 1.82) is 0 Å². The molecule has 74 valence electrons. The fourth-order valence-electron chi connectivity index (χ4n) is 1.90. The molecule has 0 aromatic heterocycles. The van der Waals surface area contributed by atoms with Crippen molar-refractivity contribution < 1.29 is 19.8 Å². The molecule has 0 unspecified atom stereocenters. The van der Waals surface area contributed by atoms with Crippen molar-refractivity contribution in [3.63, 3.8) is 0 Å². The van der Waals surface area contributed by atoms with Crippen LogP contribution in [0.25, 0.3) is 0 Å². The Labute approximate surface area is 75.5 Å². The van der Waals surface area contributed by atoms with E-state index in [1.54, 1.807) is 6.92 Å². The van der Waals surface area contributed by atoms with Crippen molar-refractivity contribution in [1.82, 2.24) is 0 Å². The topological polar surface area (TPSA) is 101 Å². The summed E-state index contributed by atoms with van der Waals surface area (Å²) in [5.41, 5.74) is 4.21. The number of rotatable bonds is 2. The van der Waals surface area contributed by atoms with Crippen LogP contribution in [0.4, 0.5) is 0 Å². The molecule has 0 bridgehead atoms. The first kappa shape index (κ1) is 9.98. The van der Waals surface area contributed by atoms with Gasteiger partial charge >= 0.3 is 11.9 Å². The number of nitrogens with two attached hydrogens (primary N) is 1. The Morgan fingerprint density at radius 2 is 1.92 bits per heavy atom. The second-order valence-corrected chi connectivity index (χ2v) is 3.79. The van der Waals surface area contributed by atoms with Gasteiger partial charge in [-0.25, -0.2) is 0 Å². The molecule has 1 fully saturated rings. The van der Waals surface area contributed by atoms with Crippen LogP contribution in [0.5, 0.6) is 0 Å². The van der Waals surface area contributed by atoms with Gasteiger partial charge in [0, 0.05) is 0 Å². The molecule has 4 N–H and O–H groups in total. The molecule has 5 heteroatoms. The van der Waals surface area contributed by atoms with Crippen LogP contribution >= 0.6 is 0 Å². The van der Waals surface area contributed by atoms with Gasteiger partial charge in [0.2, 0.25) is 0 Å². The lowest BCUT2D eigenvalue weighted by Crippen LogP contribution is -2.45. The molecule has 5 nitrogen and oxygen atoms in total. The van der Waals surface area contributed by atoms with Gasteiger partial charge in [0.05, 0.1) is 5.92 Å². The Hall–Kier alpha value is -1.10. The third-order valence-electron chi connectivity index (χ3n) is 2.70. The molecular weight excluding hydrogens is 174 g/mol. The summed E-state index contributed by atoms with van der Waals surface area (Å²) in [5, 5.41) is 17.5. The van der Waals surface area contributed by atoms with Crippen LogP contribution in [-0.2, 0) is 9.59 Å². The SMILES string of the molecule is C[C@H]1C[C@@](N)(C(=O)O)C[C@H]1C(=O)O. The molecule has 1 rings (SSSR count). The third kappa shape index (κ3) is 1.65. The van der Waals surface area contributed by atoms with Crippen LogP contribution in [0.15, 0.2) is 0 Å². The molecule has 1 aliphatic rings. The van der Waals surface area contributed by atoms with Crippen LogP contribution in [0.3, 0.4) is 0 Å². The van der Waals surface area contributed by atoms with Crippen molar-refractivity contribution in [2.24, 2.45) is 17.6 Å². The molecule has 13 heavy (non-hydrogen) atoms. The van der Waals surface area contributed by atoms with Gasteiger partial charge in [-0.3, -0.25) is 9.59 Å². The summed E-state index contributed by atoms with van der Waals surface area (Å²) in [5.74, 6) is -2.86. The lowest BCUT2D eigenvalue weighted by Gasteiger charge is -2.16. The van der Waals surface area contributed by atoms with Crippen LogP contribution in [0.1, 0.15) is 19.8 Å². The van der Waals surface area contributed by atoms with Crippen LogP contribution < -0.4 is 5.73 Å². The van der Waals surface area contributed by atoms with E-state index < -0.39 is 23.4 Å². The Balaban J connectivity index is 2.80. The van der Waals surface area contributed by atoms with Crippen LogP contribution in [0, 0.1) is 11.8 Å². The molecule has 0 aromatic carbocycles. The number of hydrogen-bond donors (Lipinski definition) is 3. The Kier molecular flexibility index (Phi) is 2.30. The molecule has 0 spiro atoms. The zero-order valence-electron chi connectivity index (χ0n) is 7.36. The minimum absolute atomic E-state index is 0.0266. The minimum atomic E-state index is -1.34. The van der Waals surface area contributed by atoms with Crippen LogP contribution in [-0.4, -0.2) is 27.7 Å². The number of hydrogen-bond acceptors (Lipinski definition) is 3. The molecule has 0 heterocycles. The monoisotopic (exact) mass is 187 g/mol. The summed E-state index contributed by atoms with van der Waals surface area (Å²) < 4.78 is 0. The Morgan fingerprint density at radius 3 is 2.15 bits per heavy atom. The smallest absolute Gasteiger partial charge is 0.323 e. The van der Waals surface area contributed by atoms with E-state index in [2.05, 4.69) is 0 Å². The minimum Gasteiger partial charge on any atom is -0.481 e. The van der Waals surface area contributed by atoms with E-state index in [1.165, 1.54) is 0 Å². The summed E-state index contributed by atoms with van der Waals surface area (Å²) >= 11 is 0. The Morgan fingerprint density at radius 1 is 1.38 bits per heavy atom. The summed E-state index contributed by atoms with van der Waals surface area (Å²) in [4.78, 5) is 21.4. The maximum absolute atomic E-state index is 10.7. The van der Waals surface area contributed by atoms with Crippen molar-refractivity contribution in [3.05, 3.63) is 0 Å². The highest BCUT2D eigenvalue weighted by Gasteiger charge is 2.48. The average molecular weight is 187 g/mol. The normalized spacial score (nSPS) is 38.9. The van der Waals surface area contributed by atoms with Crippen molar-refractivity contribution in [2.75, 3.05) is 0 Å². The standard InChI is InChI=1S/C8H13NO4/c1-4-2-8(9,7(12)13)3-5(4)6(10)11/h4-5H,2-3,9H2,1H3,(H,10,11)(H,12,13)/t4-,5+,8-/m0/s1. The van der Waals surface area contributed by atoms with E-state index in [0.717, 1.165) is 0 Å². The van der Waals surface area contributed by atoms with Gasteiger partial charge in [-0.1, -0.05) is 6.92 Å². The number of carboxylic acid groups (broad SMARTS) is 2. The molecule has 0 radical (unpaired) electrons. The fourth-order valence-corrected chi connectivity index (χ4v) is 1.90. The lowest BCUT2D eigenvalue weighted by atomic mass is 9.98. The van der Waals surface area contributed by atoms with Gasteiger partial charge in [0.25, 0.3) is 0 Å². The van der Waals surface area contributed by atoms with E-state index in [1.807, 2.05) is 0 Å². The van der Waals surface area contributed by atoms with Crippen LogP contribution in [0.2, 0.25) is 0 Å². The molecule has 0 aliphatic heterocycles. The van der Waals surface area contributed by atoms with E-state index in [9.17, 15) is 9.59 Å². The first-order chi connectivity index (χ1) is 5.87. The molecule has 1 saturated carbocycles. The summed E-state index contributed by atoms with van der Waals surface area (Å²) in [6.45, 7) is 1.72. The zero-order valence-corrected chi connectivity index (χ0v) is 7.36. The maximum Gasteiger partial charge on any atom is 0.323 e. The van der Waals surface area contributed by atoms with Crippen molar-refractivity contribution in [3.8, 4) is 0 Å². The summed E-state index contributed by atoms with van der Waals surface area (Å²) in [6, 6.07) is 0. The highest BCUT2D eigenvalue weighted by atomic mass is 16.4. The van der Waals surface area contributed by atoms with Gasteiger partial charge < -0.3 is 15.9 Å². The second-order valence-electron chi connectivity index (χ2n) is 3.79. The third-order valence-corrected chi connectivity index (χ3v) is 2.70. The first-order valence-electron chi connectivity index (χ1n) is 4.12. The fraction of sp³-hybridized carbons (Fsp3) is 0.750. The van der Waals surface area contributed by atoms with Crippen molar-refractivity contribution >= 4 is 11.9 Å². The second kappa shape index (κ2) is 2.99. The van der Waals surface area contributed by atoms with E-state index in [-0.39, 0.29) is 18.8 Å². The van der Waals surface area contributed by atoms with Gasteiger partial charge in [-0.05, 0) is 18.8 Å². The molecule has 1 aliphatic carbocycles. The number of aliphatic carboxylic acids is 2. The van der Waals surface area contributed by atoms with Crippen molar-refractivity contribution in [2.45, 2.75) is 25.3 Å². The van der Waals surface area contributed by atoms with E-state index >= 15 is 0 Å². The van der Waals surface area contributed by atoms with Gasteiger partial charge in [0.15, 0.2) is 0 Å². The highest BCUT2D eigenvalue weighted by Crippen LogP contribution is 2.37. The van der Waals surface area contributed by atoms with Gasteiger partial charge in [0.1, 0.15) is 5.54 Å². The van der Waals surface area contributed by atoms with Gasteiger partial charge in [-0.15, -0.1) is 0 Å². The molecular formula is C8H13NO4. The van der Waals surface area contributed by atoms with E-state index in [4.69, 9.17) is 15.9 Å². The summed E-state index contributed by atoms with van der Waals surface area (Å²) in [7, 11) is 0. The van der Waals surface area contributed by atoms with Gasteiger partial charge in [-0.2, -0.15) is 0 Å². The quantitative estimate of drug-likeness (QED) is 0.560. The predicted molar refractivity (Wildman–Crippen MR) is 44.1 cm³/mol. The number of carbonyl (C=O) groups is 2. The maximum atomic E-state index is 10.7. The average Bonchev–Trinajstić information content (AvgIpc) is 2.28. The molecule has 0 amide bonds. The molecule has 0 saturated heterocycles. The van der Waals surface area contributed by atoms with E-state index in [0.29, 0.717) is 0 Å². The lowest BCUT2D eigenvalue weighted by molar-refractivity contribution is -0.144. The predicted octanol–water partition coefficient (Wildman–Crippen LogP) is -0.101. The zero-order chi connectivity index (χ0) is 10.2. The highest BCUT2D eigenvalue weighted by molar-refractivity contribution is 5.81. The number of carboxylic acids is 2.